The molecule has 3 N–H and O–H groups in total. The van der Waals surface area contributed by atoms with Crippen LogP contribution in [0.15, 0.2) is 0 Å². The molecule has 0 aliphatic heterocycles. The number of rotatable bonds is 6. The molecule has 0 radical (unpaired) electrons. The van der Waals surface area contributed by atoms with Gasteiger partial charge in [0, 0.05) is 13.0 Å². The van der Waals surface area contributed by atoms with E-state index in [0.717, 1.165) is 6.42 Å². The van der Waals surface area contributed by atoms with Crippen LogP contribution in [0.2, 0.25) is 0 Å². The summed E-state index contributed by atoms with van der Waals surface area (Å²) in [5.41, 5.74) is 5.46. The number of halogens is 3. The Hall–Kier alpha value is -0.780. The molecule has 0 fully saturated rings. The van der Waals surface area contributed by atoms with Crippen LogP contribution in [0.1, 0.15) is 32.6 Å². The van der Waals surface area contributed by atoms with Crippen molar-refractivity contribution < 1.29 is 18.0 Å². The van der Waals surface area contributed by atoms with Crippen LogP contribution in [-0.2, 0) is 4.79 Å². The summed E-state index contributed by atoms with van der Waals surface area (Å²) in [6.07, 6.45) is -3.82. The van der Waals surface area contributed by atoms with Gasteiger partial charge in [0.2, 0.25) is 5.91 Å². The maximum absolute atomic E-state index is 11.7. The maximum Gasteiger partial charge on any atom is 0.389 e. The molecule has 1 atom stereocenters. The zero-order chi connectivity index (χ0) is 11.9. The molecule has 0 rings (SSSR count). The summed E-state index contributed by atoms with van der Waals surface area (Å²) in [4.78, 5) is 11.1. The summed E-state index contributed by atoms with van der Waals surface area (Å²) in [5, 5.41) is 2.38. The van der Waals surface area contributed by atoms with Crippen LogP contribution in [0.4, 0.5) is 13.2 Å². The molecule has 6 heteroatoms. The first-order valence-electron chi connectivity index (χ1n) is 4.97. The Bertz CT molecular complexity index is 194. The second-order valence-electron chi connectivity index (χ2n) is 3.40. The van der Waals surface area contributed by atoms with Crippen molar-refractivity contribution in [3.8, 4) is 0 Å². The third kappa shape index (κ3) is 8.23. The second-order valence-corrected chi connectivity index (χ2v) is 3.40. The molecule has 3 nitrogen and oxygen atoms in total. The fraction of sp³-hybridized carbons (Fsp3) is 0.889. The molecule has 0 aliphatic carbocycles. The van der Waals surface area contributed by atoms with E-state index in [1.165, 1.54) is 0 Å². The second kappa shape index (κ2) is 6.66. The van der Waals surface area contributed by atoms with E-state index in [1.54, 1.807) is 0 Å². The van der Waals surface area contributed by atoms with Gasteiger partial charge in [0.25, 0.3) is 0 Å². The zero-order valence-electron chi connectivity index (χ0n) is 8.73. The number of hydrogen-bond acceptors (Lipinski definition) is 2. The average molecular weight is 226 g/mol. The smallest absolute Gasteiger partial charge is 0.355 e. The van der Waals surface area contributed by atoms with Crippen LogP contribution in [0, 0.1) is 0 Å². The predicted octanol–water partition coefficient (Wildman–Crippen LogP) is 1.57. The minimum absolute atomic E-state index is 0.0236. The van der Waals surface area contributed by atoms with Gasteiger partial charge in [-0.05, 0) is 12.8 Å². The number of carbonyl (C=O) groups is 1. The SMILES string of the molecule is CCC[C@@H](N)C(=O)NCCCC(F)(F)F. The topological polar surface area (TPSA) is 55.1 Å². The Labute approximate surface area is 87.2 Å². The van der Waals surface area contributed by atoms with Crippen molar-refractivity contribution in [2.24, 2.45) is 5.73 Å². The van der Waals surface area contributed by atoms with E-state index >= 15 is 0 Å². The van der Waals surface area contributed by atoms with Crippen molar-refractivity contribution in [3.05, 3.63) is 0 Å². The number of amides is 1. The molecule has 0 saturated heterocycles. The van der Waals surface area contributed by atoms with Crippen molar-refractivity contribution in [2.75, 3.05) is 6.54 Å². The van der Waals surface area contributed by atoms with Crippen LogP contribution in [0.25, 0.3) is 0 Å². The third-order valence-corrected chi connectivity index (χ3v) is 1.87. The minimum Gasteiger partial charge on any atom is -0.355 e. The highest BCUT2D eigenvalue weighted by atomic mass is 19.4. The molecule has 0 unspecified atom stereocenters. The van der Waals surface area contributed by atoms with Crippen LogP contribution in [0.5, 0.6) is 0 Å². The molecule has 15 heavy (non-hydrogen) atoms. The lowest BCUT2D eigenvalue weighted by Crippen LogP contribution is -2.40. The molecule has 0 aromatic heterocycles. The van der Waals surface area contributed by atoms with E-state index < -0.39 is 18.6 Å². The van der Waals surface area contributed by atoms with Gasteiger partial charge in [0.05, 0.1) is 6.04 Å². The van der Waals surface area contributed by atoms with Gasteiger partial charge in [-0.2, -0.15) is 13.2 Å². The third-order valence-electron chi connectivity index (χ3n) is 1.87. The highest BCUT2D eigenvalue weighted by molar-refractivity contribution is 5.81. The Balaban J connectivity index is 3.55. The summed E-state index contributed by atoms with van der Waals surface area (Å²) >= 11 is 0. The number of nitrogens with one attached hydrogen (secondary N) is 1. The highest BCUT2D eigenvalue weighted by Gasteiger charge is 2.26. The highest BCUT2D eigenvalue weighted by Crippen LogP contribution is 2.20. The lowest BCUT2D eigenvalue weighted by molar-refractivity contribution is -0.136. The molecular weight excluding hydrogens is 209 g/mol. The van der Waals surface area contributed by atoms with E-state index in [0.29, 0.717) is 6.42 Å². The number of hydrogen-bond donors (Lipinski definition) is 2. The van der Waals surface area contributed by atoms with Crippen LogP contribution < -0.4 is 11.1 Å². The van der Waals surface area contributed by atoms with Gasteiger partial charge in [0.1, 0.15) is 0 Å². The molecule has 0 heterocycles. The van der Waals surface area contributed by atoms with Crippen molar-refractivity contribution in [1.29, 1.82) is 0 Å². The van der Waals surface area contributed by atoms with E-state index in [-0.39, 0.29) is 18.9 Å². The number of carbonyl (C=O) groups excluding carboxylic acids is 1. The van der Waals surface area contributed by atoms with E-state index in [2.05, 4.69) is 5.32 Å². The fourth-order valence-corrected chi connectivity index (χ4v) is 1.07. The lowest BCUT2D eigenvalue weighted by atomic mass is 10.1. The van der Waals surface area contributed by atoms with Crippen LogP contribution in [0.3, 0.4) is 0 Å². The van der Waals surface area contributed by atoms with Gasteiger partial charge >= 0.3 is 6.18 Å². The fourth-order valence-electron chi connectivity index (χ4n) is 1.07. The van der Waals surface area contributed by atoms with Crippen molar-refractivity contribution in [3.63, 3.8) is 0 Å². The molecular formula is C9H17F3N2O. The molecule has 1 amide bonds. The van der Waals surface area contributed by atoms with Crippen LogP contribution >= 0.6 is 0 Å². The van der Waals surface area contributed by atoms with E-state index in [4.69, 9.17) is 5.73 Å². The summed E-state index contributed by atoms with van der Waals surface area (Å²) in [6, 6.07) is -0.610. The number of nitrogens with two attached hydrogens (primary N) is 1. The van der Waals surface area contributed by atoms with Gasteiger partial charge in [-0.15, -0.1) is 0 Å². The monoisotopic (exact) mass is 226 g/mol. The van der Waals surface area contributed by atoms with Gasteiger partial charge < -0.3 is 11.1 Å². The Morgan fingerprint density at radius 1 is 1.47 bits per heavy atom. The lowest BCUT2D eigenvalue weighted by Gasteiger charge is -2.11. The first kappa shape index (κ1) is 14.2. The van der Waals surface area contributed by atoms with E-state index in [9.17, 15) is 18.0 Å². The van der Waals surface area contributed by atoms with Crippen molar-refractivity contribution in [1.82, 2.24) is 5.32 Å². The molecule has 0 saturated carbocycles. The van der Waals surface area contributed by atoms with Gasteiger partial charge in [-0.1, -0.05) is 13.3 Å². The first-order chi connectivity index (χ1) is 6.87. The molecule has 0 aromatic rings. The molecule has 0 aliphatic rings. The molecule has 0 spiro atoms. The predicted molar refractivity (Wildman–Crippen MR) is 51.2 cm³/mol. The number of alkyl halides is 3. The molecule has 90 valence electrons. The summed E-state index contributed by atoms with van der Waals surface area (Å²) in [6.45, 7) is 1.91. The van der Waals surface area contributed by atoms with Gasteiger partial charge in [-0.3, -0.25) is 4.79 Å². The standard InChI is InChI=1S/C9H17F3N2O/c1-2-4-7(13)8(15)14-6-3-5-9(10,11)12/h7H,2-6,13H2,1H3,(H,14,15)/t7-/m1/s1. The Morgan fingerprint density at radius 3 is 2.53 bits per heavy atom. The van der Waals surface area contributed by atoms with Crippen LogP contribution in [-0.4, -0.2) is 24.7 Å². The largest absolute Gasteiger partial charge is 0.389 e. The van der Waals surface area contributed by atoms with Crippen molar-refractivity contribution in [2.45, 2.75) is 44.8 Å². The Morgan fingerprint density at radius 2 is 2.07 bits per heavy atom. The summed E-state index contributed by atoms with van der Waals surface area (Å²) < 4.78 is 35.2. The molecule has 0 bridgehead atoms. The zero-order valence-corrected chi connectivity index (χ0v) is 8.73. The minimum atomic E-state index is -4.16. The van der Waals surface area contributed by atoms with E-state index in [1.807, 2.05) is 6.92 Å². The van der Waals surface area contributed by atoms with Gasteiger partial charge in [-0.25, -0.2) is 0 Å². The average Bonchev–Trinajstić information content (AvgIpc) is 2.11. The normalized spacial score (nSPS) is 13.7. The first-order valence-corrected chi connectivity index (χ1v) is 4.97. The summed E-state index contributed by atoms with van der Waals surface area (Å²) in [5.74, 6) is -0.376. The summed E-state index contributed by atoms with van der Waals surface area (Å²) in [7, 11) is 0. The molecule has 0 aromatic carbocycles. The Kier molecular flexibility index (Phi) is 6.31. The quantitative estimate of drug-likeness (QED) is 0.675. The van der Waals surface area contributed by atoms with Gasteiger partial charge in [0.15, 0.2) is 0 Å². The maximum atomic E-state index is 11.7. The van der Waals surface area contributed by atoms with Crippen molar-refractivity contribution >= 4 is 5.91 Å².